The Hall–Kier alpha value is -1.52. The first-order valence-electron chi connectivity index (χ1n) is 5.99. The second-order valence-corrected chi connectivity index (χ2v) is 4.70. The van der Waals surface area contributed by atoms with Crippen LogP contribution in [0.5, 0.6) is 0 Å². The van der Waals surface area contributed by atoms with E-state index in [-0.39, 0.29) is 5.56 Å². The van der Waals surface area contributed by atoms with E-state index >= 15 is 0 Å². The van der Waals surface area contributed by atoms with Crippen molar-refractivity contribution in [1.82, 2.24) is 9.55 Å². The number of hydrogen-bond acceptors (Lipinski definition) is 7. The minimum absolute atomic E-state index is 0.223. The van der Waals surface area contributed by atoms with Gasteiger partial charge in [-0.05, 0) is 6.92 Å². The Morgan fingerprint density at radius 3 is 2.65 bits per heavy atom. The average molecular weight is 288 g/mol. The zero-order chi connectivity index (χ0) is 15.0. The van der Waals surface area contributed by atoms with Gasteiger partial charge in [0.15, 0.2) is 6.23 Å². The van der Waals surface area contributed by atoms with Gasteiger partial charge in [-0.1, -0.05) is 0 Å². The van der Waals surface area contributed by atoms with E-state index in [4.69, 9.17) is 9.84 Å². The SMILES string of the molecule is Cc1cn([C@@H]2O[C@H]([C@H](O)CO)[C@@H](O)[C@H]2O)c(=O)[nH]c1=O. The Kier molecular flexibility index (Phi) is 4.06. The van der Waals surface area contributed by atoms with Gasteiger partial charge in [0.1, 0.15) is 24.4 Å². The monoisotopic (exact) mass is 288 g/mol. The molecule has 0 amide bonds. The topological polar surface area (TPSA) is 145 Å². The number of nitrogens with one attached hydrogen (secondary N) is 1. The highest BCUT2D eigenvalue weighted by atomic mass is 16.6. The zero-order valence-corrected chi connectivity index (χ0v) is 10.6. The third kappa shape index (κ3) is 2.41. The Balaban J connectivity index is 2.37. The van der Waals surface area contributed by atoms with Crippen molar-refractivity contribution in [2.45, 2.75) is 37.6 Å². The highest BCUT2D eigenvalue weighted by Crippen LogP contribution is 2.29. The van der Waals surface area contributed by atoms with Crippen LogP contribution in [-0.2, 0) is 4.74 Å². The molecule has 5 atom stereocenters. The summed E-state index contributed by atoms with van der Waals surface area (Å²) in [5.41, 5.74) is -1.15. The van der Waals surface area contributed by atoms with Crippen LogP contribution >= 0.6 is 0 Å². The van der Waals surface area contributed by atoms with Crippen molar-refractivity contribution < 1.29 is 25.2 Å². The van der Waals surface area contributed by atoms with Gasteiger partial charge in [-0.15, -0.1) is 0 Å². The summed E-state index contributed by atoms with van der Waals surface area (Å²) in [6.07, 6.45) is -5.66. The zero-order valence-electron chi connectivity index (χ0n) is 10.6. The second-order valence-electron chi connectivity index (χ2n) is 4.70. The third-order valence-electron chi connectivity index (χ3n) is 3.26. The third-order valence-corrected chi connectivity index (χ3v) is 3.26. The van der Waals surface area contributed by atoms with Crippen LogP contribution in [0.15, 0.2) is 15.8 Å². The molecule has 0 saturated carbocycles. The smallest absolute Gasteiger partial charge is 0.330 e. The first-order chi connectivity index (χ1) is 9.36. The number of H-pyrrole nitrogens is 1. The van der Waals surface area contributed by atoms with Gasteiger partial charge in [-0.3, -0.25) is 14.3 Å². The number of rotatable bonds is 3. The molecule has 5 N–H and O–H groups in total. The molecule has 0 aliphatic carbocycles. The number of aromatic amines is 1. The Morgan fingerprint density at radius 1 is 1.40 bits per heavy atom. The largest absolute Gasteiger partial charge is 0.394 e. The lowest BCUT2D eigenvalue weighted by Gasteiger charge is -2.19. The summed E-state index contributed by atoms with van der Waals surface area (Å²) in [5.74, 6) is 0. The molecular weight excluding hydrogens is 272 g/mol. The second kappa shape index (κ2) is 5.46. The molecule has 1 saturated heterocycles. The number of hydrogen-bond donors (Lipinski definition) is 5. The number of aromatic nitrogens is 2. The van der Waals surface area contributed by atoms with Gasteiger partial charge < -0.3 is 25.2 Å². The molecule has 0 radical (unpaired) electrons. The van der Waals surface area contributed by atoms with Crippen LogP contribution in [0, 0.1) is 6.92 Å². The number of aryl methyl sites for hydroxylation is 1. The first kappa shape index (κ1) is 14.9. The molecule has 0 unspecified atom stereocenters. The van der Waals surface area contributed by atoms with Crippen LogP contribution in [0.3, 0.4) is 0 Å². The Morgan fingerprint density at radius 2 is 2.05 bits per heavy atom. The normalized spacial score (nSPS) is 31.4. The van der Waals surface area contributed by atoms with Crippen LogP contribution in [-0.4, -0.2) is 61.0 Å². The molecule has 2 heterocycles. The molecule has 0 aromatic carbocycles. The van der Waals surface area contributed by atoms with Crippen LogP contribution in [0.25, 0.3) is 0 Å². The summed E-state index contributed by atoms with van der Waals surface area (Å²) in [6.45, 7) is 0.799. The van der Waals surface area contributed by atoms with Crippen molar-refractivity contribution in [3.63, 3.8) is 0 Å². The molecule has 2 rings (SSSR count). The van der Waals surface area contributed by atoms with E-state index in [0.717, 1.165) is 4.57 Å². The number of ether oxygens (including phenoxy) is 1. The fourth-order valence-corrected chi connectivity index (χ4v) is 2.11. The van der Waals surface area contributed by atoms with Crippen LogP contribution in [0.4, 0.5) is 0 Å². The number of aliphatic hydroxyl groups excluding tert-OH is 4. The quantitative estimate of drug-likeness (QED) is 0.394. The predicted molar refractivity (Wildman–Crippen MR) is 65.1 cm³/mol. The molecule has 1 aliphatic rings. The van der Waals surface area contributed by atoms with Crippen molar-refractivity contribution in [3.05, 3.63) is 32.6 Å². The Labute approximate surface area is 112 Å². The molecule has 1 aliphatic heterocycles. The molecule has 9 nitrogen and oxygen atoms in total. The van der Waals surface area contributed by atoms with E-state index in [1.54, 1.807) is 0 Å². The average Bonchev–Trinajstić information content (AvgIpc) is 2.70. The molecular formula is C11H16N2O7. The Bertz CT molecular complexity index is 595. The maximum atomic E-state index is 11.7. The summed E-state index contributed by atoms with van der Waals surface area (Å²) in [6, 6.07) is 0. The molecule has 0 bridgehead atoms. The molecule has 1 aromatic heterocycles. The van der Waals surface area contributed by atoms with Crippen molar-refractivity contribution in [2.75, 3.05) is 6.61 Å². The molecule has 20 heavy (non-hydrogen) atoms. The van der Waals surface area contributed by atoms with Gasteiger partial charge in [-0.25, -0.2) is 4.79 Å². The van der Waals surface area contributed by atoms with Crippen LogP contribution < -0.4 is 11.2 Å². The lowest BCUT2D eigenvalue weighted by Crippen LogP contribution is -2.40. The lowest BCUT2D eigenvalue weighted by molar-refractivity contribution is -0.0982. The van der Waals surface area contributed by atoms with Gasteiger partial charge in [0.05, 0.1) is 6.61 Å². The van der Waals surface area contributed by atoms with Gasteiger partial charge in [0, 0.05) is 11.8 Å². The van der Waals surface area contributed by atoms with Crippen LogP contribution in [0.1, 0.15) is 11.8 Å². The molecule has 1 aromatic rings. The van der Waals surface area contributed by atoms with Gasteiger partial charge in [0.25, 0.3) is 5.56 Å². The minimum Gasteiger partial charge on any atom is -0.394 e. The first-order valence-corrected chi connectivity index (χ1v) is 5.99. The number of nitrogens with zero attached hydrogens (tertiary/aromatic N) is 1. The van der Waals surface area contributed by atoms with Gasteiger partial charge >= 0.3 is 5.69 Å². The molecule has 0 spiro atoms. The molecule has 9 heteroatoms. The van der Waals surface area contributed by atoms with Crippen molar-refractivity contribution in [2.24, 2.45) is 0 Å². The fourth-order valence-electron chi connectivity index (χ4n) is 2.11. The van der Waals surface area contributed by atoms with Crippen molar-refractivity contribution in [1.29, 1.82) is 0 Å². The maximum Gasteiger partial charge on any atom is 0.330 e. The van der Waals surface area contributed by atoms with E-state index in [0.29, 0.717) is 0 Å². The highest BCUT2D eigenvalue weighted by Gasteiger charge is 2.47. The minimum atomic E-state index is -1.48. The summed E-state index contributed by atoms with van der Waals surface area (Å²) in [5, 5.41) is 38.0. The lowest BCUT2D eigenvalue weighted by atomic mass is 10.1. The summed E-state index contributed by atoms with van der Waals surface area (Å²) in [4.78, 5) is 25.0. The molecule has 112 valence electrons. The van der Waals surface area contributed by atoms with E-state index in [1.165, 1.54) is 13.1 Å². The summed E-state index contributed by atoms with van der Waals surface area (Å²) >= 11 is 0. The summed E-state index contributed by atoms with van der Waals surface area (Å²) < 4.78 is 6.16. The summed E-state index contributed by atoms with van der Waals surface area (Å²) in [7, 11) is 0. The molecule has 1 fully saturated rings. The van der Waals surface area contributed by atoms with E-state index in [2.05, 4.69) is 0 Å². The van der Waals surface area contributed by atoms with Gasteiger partial charge in [-0.2, -0.15) is 0 Å². The predicted octanol–water partition coefficient (Wildman–Crippen LogP) is -3.18. The van der Waals surface area contributed by atoms with Crippen LogP contribution in [0.2, 0.25) is 0 Å². The van der Waals surface area contributed by atoms with Gasteiger partial charge in [0.2, 0.25) is 0 Å². The van der Waals surface area contributed by atoms with Crippen molar-refractivity contribution >= 4 is 0 Å². The maximum absolute atomic E-state index is 11.7. The highest BCUT2D eigenvalue weighted by molar-refractivity contribution is 5.03. The number of aliphatic hydroxyl groups is 4. The van der Waals surface area contributed by atoms with E-state index in [1.807, 2.05) is 4.98 Å². The van der Waals surface area contributed by atoms with E-state index in [9.17, 15) is 24.9 Å². The van der Waals surface area contributed by atoms with E-state index < -0.39 is 48.5 Å². The van der Waals surface area contributed by atoms with Crippen molar-refractivity contribution in [3.8, 4) is 0 Å². The fraction of sp³-hybridized carbons (Fsp3) is 0.636. The standard InChI is InChI=1S/C11H16N2O7/c1-4-2-13(11(19)12-9(4)18)10-7(17)6(16)8(20-10)5(15)3-14/h2,5-8,10,14-17H,3H2,1H3,(H,12,18,19)/t5-,6+,7-,8-,10-/m1/s1.